The first kappa shape index (κ1) is 21.4. The van der Waals surface area contributed by atoms with Crippen molar-refractivity contribution in [1.82, 2.24) is 14.8 Å². The topological polar surface area (TPSA) is 116 Å². The molecule has 0 unspecified atom stereocenters. The van der Waals surface area contributed by atoms with Crippen LogP contribution in [0.5, 0.6) is 0 Å². The van der Waals surface area contributed by atoms with Gasteiger partial charge in [-0.3, -0.25) is 14.2 Å². The number of aryl methyl sites for hydroxylation is 1. The molecule has 2 aromatic carbocycles. The molecule has 4 rings (SSSR count). The van der Waals surface area contributed by atoms with E-state index in [0.717, 1.165) is 16.9 Å². The summed E-state index contributed by atoms with van der Waals surface area (Å²) >= 11 is 1.30. The van der Waals surface area contributed by atoms with Crippen LogP contribution in [0, 0.1) is 6.92 Å². The molecule has 2 aromatic heterocycles. The van der Waals surface area contributed by atoms with Gasteiger partial charge in [0.05, 0.1) is 24.1 Å². The van der Waals surface area contributed by atoms with Crippen molar-refractivity contribution < 1.29 is 14.0 Å². The van der Waals surface area contributed by atoms with Gasteiger partial charge in [0, 0.05) is 11.3 Å². The summed E-state index contributed by atoms with van der Waals surface area (Å²) in [5.41, 5.74) is 8.16. The van der Waals surface area contributed by atoms with Crippen LogP contribution in [0.1, 0.15) is 21.7 Å². The van der Waals surface area contributed by atoms with Crippen molar-refractivity contribution in [3.63, 3.8) is 0 Å². The van der Waals surface area contributed by atoms with Gasteiger partial charge < -0.3 is 15.5 Å². The molecule has 4 aromatic rings. The van der Waals surface area contributed by atoms with E-state index >= 15 is 0 Å². The molecule has 0 saturated carbocycles. The van der Waals surface area contributed by atoms with Crippen LogP contribution in [-0.4, -0.2) is 32.3 Å². The number of hydrogen-bond donors (Lipinski definition) is 2. The Bertz CT molecular complexity index is 1230. The average Bonchev–Trinajstić information content (AvgIpc) is 3.39. The molecule has 0 aliphatic carbocycles. The third-order valence-electron chi connectivity index (χ3n) is 4.79. The normalized spacial score (nSPS) is 10.8. The standard InChI is InChI=1S/C23H21N5O3S/c1-15-19(11-12-31-15)22-26-27-23(28(22)13-16-5-3-2-4-6-16)32-14-20(29)25-18-9-7-17(8-10-18)21(24)30/h2-12H,13-14H2,1H3,(H2,24,30)(H,25,29). The third-order valence-corrected chi connectivity index (χ3v) is 5.75. The first-order chi connectivity index (χ1) is 15.5. The molecule has 2 heterocycles. The molecule has 3 N–H and O–H groups in total. The molecule has 8 nitrogen and oxygen atoms in total. The van der Waals surface area contributed by atoms with E-state index in [2.05, 4.69) is 15.5 Å². The summed E-state index contributed by atoms with van der Waals surface area (Å²) in [6.45, 7) is 2.44. The van der Waals surface area contributed by atoms with Crippen LogP contribution in [-0.2, 0) is 11.3 Å². The zero-order valence-electron chi connectivity index (χ0n) is 17.3. The number of amides is 2. The second kappa shape index (κ2) is 9.52. The molecule has 0 aliphatic rings. The molecule has 2 amide bonds. The molecule has 32 heavy (non-hydrogen) atoms. The maximum absolute atomic E-state index is 12.5. The molecule has 162 valence electrons. The Balaban J connectivity index is 1.50. The van der Waals surface area contributed by atoms with Crippen LogP contribution in [0.2, 0.25) is 0 Å². The van der Waals surface area contributed by atoms with E-state index < -0.39 is 5.91 Å². The molecule has 9 heteroatoms. The van der Waals surface area contributed by atoms with Gasteiger partial charge in [-0.1, -0.05) is 42.1 Å². The van der Waals surface area contributed by atoms with Gasteiger partial charge in [-0.15, -0.1) is 10.2 Å². The van der Waals surface area contributed by atoms with Crippen molar-refractivity contribution in [3.8, 4) is 11.4 Å². The third kappa shape index (κ3) is 4.89. The number of benzene rings is 2. The fraction of sp³-hybridized carbons (Fsp3) is 0.130. The largest absolute Gasteiger partial charge is 0.469 e. The summed E-state index contributed by atoms with van der Waals surface area (Å²) in [5, 5.41) is 12.1. The molecular weight excluding hydrogens is 426 g/mol. The van der Waals surface area contributed by atoms with Crippen LogP contribution < -0.4 is 11.1 Å². The molecule has 0 atom stereocenters. The van der Waals surface area contributed by atoms with Gasteiger partial charge in [0.15, 0.2) is 11.0 Å². The summed E-state index contributed by atoms with van der Waals surface area (Å²) in [6.07, 6.45) is 1.62. The number of rotatable bonds is 8. The molecule has 0 spiro atoms. The number of nitrogens with one attached hydrogen (secondary N) is 1. The minimum atomic E-state index is -0.514. The molecule has 0 saturated heterocycles. The minimum Gasteiger partial charge on any atom is -0.469 e. The smallest absolute Gasteiger partial charge is 0.248 e. The SMILES string of the molecule is Cc1occc1-c1nnc(SCC(=O)Nc2ccc(C(N)=O)cc2)n1Cc1ccccc1. The highest BCUT2D eigenvalue weighted by molar-refractivity contribution is 7.99. The number of furan rings is 1. The lowest BCUT2D eigenvalue weighted by Crippen LogP contribution is -2.15. The van der Waals surface area contributed by atoms with Crippen molar-refractivity contribution in [3.05, 3.63) is 83.8 Å². The van der Waals surface area contributed by atoms with Crippen LogP contribution in [0.3, 0.4) is 0 Å². The van der Waals surface area contributed by atoms with Crippen molar-refractivity contribution in [1.29, 1.82) is 0 Å². The van der Waals surface area contributed by atoms with Crippen LogP contribution in [0.4, 0.5) is 5.69 Å². The van der Waals surface area contributed by atoms with E-state index in [1.165, 1.54) is 11.8 Å². The first-order valence-corrected chi connectivity index (χ1v) is 10.8. The van der Waals surface area contributed by atoms with E-state index in [1.54, 1.807) is 30.5 Å². The molecule has 0 radical (unpaired) electrons. The number of nitrogens with zero attached hydrogens (tertiary/aromatic N) is 3. The Hall–Kier alpha value is -3.85. The zero-order chi connectivity index (χ0) is 22.5. The lowest BCUT2D eigenvalue weighted by atomic mass is 10.2. The zero-order valence-corrected chi connectivity index (χ0v) is 18.1. The second-order valence-electron chi connectivity index (χ2n) is 7.05. The molecule has 0 fully saturated rings. The van der Waals surface area contributed by atoms with E-state index in [0.29, 0.717) is 28.8 Å². The number of thioether (sulfide) groups is 1. The minimum absolute atomic E-state index is 0.148. The van der Waals surface area contributed by atoms with Crippen molar-refractivity contribution >= 4 is 29.3 Å². The maximum atomic E-state index is 12.5. The van der Waals surface area contributed by atoms with E-state index in [1.807, 2.05) is 47.9 Å². The predicted molar refractivity (Wildman–Crippen MR) is 122 cm³/mol. The Labute approximate surface area is 188 Å². The summed E-state index contributed by atoms with van der Waals surface area (Å²) in [5.74, 6) is 0.872. The Kier molecular flexibility index (Phi) is 6.37. The number of carbonyl (C=O) groups is 2. The van der Waals surface area contributed by atoms with Crippen molar-refractivity contribution in [2.24, 2.45) is 5.73 Å². The number of nitrogens with two attached hydrogens (primary N) is 1. The monoisotopic (exact) mass is 447 g/mol. The quantitative estimate of drug-likeness (QED) is 0.398. The fourth-order valence-corrected chi connectivity index (χ4v) is 3.90. The summed E-state index contributed by atoms with van der Waals surface area (Å²) in [7, 11) is 0. The number of primary amides is 1. The summed E-state index contributed by atoms with van der Waals surface area (Å²) < 4.78 is 7.42. The number of carbonyl (C=O) groups excluding carboxylic acids is 2. The summed E-state index contributed by atoms with van der Waals surface area (Å²) in [6, 6.07) is 18.3. The van der Waals surface area contributed by atoms with Gasteiger partial charge in [-0.2, -0.15) is 0 Å². The van der Waals surface area contributed by atoms with Gasteiger partial charge in [-0.25, -0.2) is 0 Å². The van der Waals surface area contributed by atoms with Crippen LogP contribution in [0.25, 0.3) is 11.4 Å². The average molecular weight is 448 g/mol. The predicted octanol–water partition coefficient (Wildman–Crippen LogP) is 3.72. The van der Waals surface area contributed by atoms with Gasteiger partial charge in [0.1, 0.15) is 5.76 Å². The highest BCUT2D eigenvalue weighted by atomic mass is 32.2. The number of anilines is 1. The number of hydrogen-bond acceptors (Lipinski definition) is 6. The highest BCUT2D eigenvalue weighted by Crippen LogP contribution is 2.28. The number of aromatic nitrogens is 3. The van der Waals surface area contributed by atoms with Crippen LogP contribution >= 0.6 is 11.8 Å². The molecule has 0 aliphatic heterocycles. The first-order valence-electron chi connectivity index (χ1n) is 9.85. The van der Waals surface area contributed by atoms with E-state index in [9.17, 15) is 9.59 Å². The van der Waals surface area contributed by atoms with E-state index in [-0.39, 0.29) is 11.7 Å². The van der Waals surface area contributed by atoms with Crippen molar-refractivity contribution in [2.75, 3.05) is 11.1 Å². The second-order valence-corrected chi connectivity index (χ2v) is 7.99. The Morgan fingerprint density at radius 3 is 2.47 bits per heavy atom. The fourth-order valence-electron chi connectivity index (χ4n) is 3.17. The van der Waals surface area contributed by atoms with Gasteiger partial charge in [0.25, 0.3) is 0 Å². The van der Waals surface area contributed by atoms with Gasteiger partial charge >= 0.3 is 0 Å². The maximum Gasteiger partial charge on any atom is 0.248 e. The Morgan fingerprint density at radius 2 is 1.81 bits per heavy atom. The molecular formula is C23H21N5O3S. The van der Waals surface area contributed by atoms with E-state index in [4.69, 9.17) is 10.2 Å². The highest BCUT2D eigenvalue weighted by Gasteiger charge is 2.18. The lowest BCUT2D eigenvalue weighted by molar-refractivity contribution is -0.113. The lowest BCUT2D eigenvalue weighted by Gasteiger charge is -2.10. The summed E-state index contributed by atoms with van der Waals surface area (Å²) in [4.78, 5) is 23.6. The van der Waals surface area contributed by atoms with Crippen LogP contribution in [0.15, 0.2) is 76.5 Å². The molecule has 0 bridgehead atoms. The van der Waals surface area contributed by atoms with Crippen molar-refractivity contribution in [2.45, 2.75) is 18.6 Å². The van der Waals surface area contributed by atoms with Gasteiger partial charge in [-0.05, 0) is 42.8 Å². The Morgan fingerprint density at radius 1 is 1.06 bits per heavy atom. The van der Waals surface area contributed by atoms with Gasteiger partial charge in [0.2, 0.25) is 11.8 Å².